The van der Waals surface area contributed by atoms with E-state index in [1.165, 1.54) is 30.5 Å². The Kier molecular flexibility index (Phi) is 7.34. The summed E-state index contributed by atoms with van der Waals surface area (Å²) in [5.74, 6) is 1.80. The van der Waals surface area contributed by atoms with Crippen molar-refractivity contribution in [2.45, 2.75) is 19.3 Å². The van der Waals surface area contributed by atoms with E-state index in [0.29, 0.717) is 28.7 Å². The van der Waals surface area contributed by atoms with Crippen LogP contribution in [-0.4, -0.2) is 44.1 Å². The summed E-state index contributed by atoms with van der Waals surface area (Å²) in [5.41, 5.74) is 3.90. The summed E-state index contributed by atoms with van der Waals surface area (Å²) >= 11 is 0. The number of anilines is 4. The third-order valence-corrected chi connectivity index (χ3v) is 5.92. The standard InChI is InChI=1S/C25H23N9O5/c35-33(36)19-9-7-18(8-10-19)27-23-28-24(30-25(29-23)32-13-2-1-3-14-32)31-26-16-21-11-12-22(39-21)17-5-4-6-20(15-17)34(37)38/h4-12,15-16H,1-3,13-14H2,(H2,27,28,29,30,31)/b26-16+. The lowest BCUT2D eigenvalue weighted by Crippen LogP contribution is -2.31. The van der Waals surface area contributed by atoms with Gasteiger partial charge in [0.1, 0.15) is 11.5 Å². The molecule has 198 valence electrons. The molecule has 0 spiro atoms. The molecule has 0 amide bonds. The van der Waals surface area contributed by atoms with Crippen LogP contribution in [0.3, 0.4) is 0 Å². The van der Waals surface area contributed by atoms with E-state index in [4.69, 9.17) is 4.42 Å². The van der Waals surface area contributed by atoms with E-state index < -0.39 is 9.85 Å². The van der Waals surface area contributed by atoms with Crippen molar-refractivity contribution >= 4 is 41.1 Å². The number of furan rings is 1. The summed E-state index contributed by atoms with van der Waals surface area (Å²) in [6, 6.07) is 15.5. The highest BCUT2D eigenvalue weighted by Crippen LogP contribution is 2.26. The van der Waals surface area contributed by atoms with Crippen molar-refractivity contribution in [1.29, 1.82) is 0 Å². The molecule has 4 aromatic rings. The number of hydrazone groups is 1. The average molecular weight is 530 g/mol. The van der Waals surface area contributed by atoms with E-state index in [1.54, 1.807) is 36.4 Å². The monoisotopic (exact) mass is 529 g/mol. The largest absolute Gasteiger partial charge is 0.455 e. The topological polar surface area (TPSA) is 178 Å². The van der Waals surface area contributed by atoms with Crippen LogP contribution in [0.15, 0.2) is 70.2 Å². The maximum atomic E-state index is 11.1. The Morgan fingerprint density at radius 1 is 0.872 bits per heavy atom. The van der Waals surface area contributed by atoms with E-state index >= 15 is 0 Å². The highest BCUT2D eigenvalue weighted by Gasteiger charge is 2.17. The van der Waals surface area contributed by atoms with Crippen molar-refractivity contribution in [3.63, 3.8) is 0 Å². The fourth-order valence-electron chi connectivity index (χ4n) is 4.01. The van der Waals surface area contributed by atoms with Crippen molar-refractivity contribution in [2.75, 3.05) is 28.7 Å². The van der Waals surface area contributed by atoms with Crippen LogP contribution >= 0.6 is 0 Å². The van der Waals surface area contributed by atoms with E-state index in [2.05, 4.69) is 35.7 Å². The second kappa shape index (κ2) is 11.3. The predicted octanol–water partition coefficient (Wildman–Crippen LogP) is 5.13. The lowest BCUT2D eigenvalue weighted by atomic mass is 10.1. The number of nitro benzene ring substituents is 2. The van der Waals surface area contributed by atoms with Crippen molar-refractivity contribution < 1.29 is 14.3 Å². The SMILES string of the molecule is O=[N+]([O-])c1ccc(Nc2nc(N/N=C/c3ccc(-c4cccc([N+](=O)[O-])c4)o3)nc(N3CCCCC3)n2)cc1. The molecule has 1 aliphatic rings. The minimum atomic E-state index is -0.465. The lowest BCUT2D eigenvalue weighted by Gasteiger charge is -2.26. The number of piperidine rings is 1. The van der Waals surface area contributed by atoms with Crippen molar-refractivity contribution in [2.24, 2.45) is 5.10 Å². The number of nitrogens with one attached hydrogen (secondary N) is 2. The van der Waals surface area contributed by atoms with Gasteiger partial charge in [0.15, 0.2) is 0 Å². The van der Waals surface area contributed by atoms with Gasteiger partial charge in [-0.25, -0.2) is 5.43 Å². The van der Waals surface area contributed by atoms with Crippen LogP contribution < -0.4 is 15.6 Å². The smallest absolute Gasteiger partial charge is 0.270 e. The Morgan fingerprint density at radius 2 is 1.62 bits per heavy atom. The molecule has 0 saturated carbocycles. The van der Waals surface area contributed by atoms with Crippen molar-refractivity contribution in [3.05, 3.63) is 86.7 Å². The zero-order valence-corrected chi connectivity index (χ0v) is 20.6. The molecule has 1 aliphatic heterocycles. The van der Waals surface area contributed by atoms with E-state index in [1.807, 2.05) is 0 Å². The van der Waals surface area contributed by atoms with Crippen LogP contribution in [0, 0.1) is 20.2 Å². The number of hydrogen-bond acceptors (Lipinski definition) is 12. The quantitative estimate of drug-likeness (QED) is 0.167. The molecule has 39 heavy (non-hydrogen) atoms. The first-order chi connectivity index (χ1) is 18.9. The fraction of sp³-hybridized carbons (Fsp3) is 0.200. The predicted molar refractivity (Wildman–Crippen MR) is 144 cm³/mol. The lowest BCUT2D eigenvalue weighted by molar-refractivity contribution is -0.385. The maximum Gasteiger partial charge on any atom is 0.270 e. The molecule has 1 saturated heterocycles. The van der Waals surface area contributed by atoms with Gasteiger partial charge < -0.3 is 14.6 Å². The van der Waals surface area contributed by atoms with Crippen molar-refractivity contribution in [1.82, 2.24) is 15.0 Å². The van der Waals surface area contributed by atoms with Crippen LogP contribution in [0.1, 0.15) is 25.0 Å². The molecule has 2 aromatic carbocycles. The van der Waals surface area contributed by atoms with Gasteiger partial charge in [0.25, 0.3) is 11.4 Å². The van der Waals surface area contributed by atoms with Gasteiger partial charge >= 0.3 is 0 Å². The van der Waals surface area contributed by atoms with Crippen LogP contribution in [0.5, 0.6) is 0 Å². The van der Waals surface area contributed by atoms with Crippen LogP contribution in [0.2, 0.25) is 0 Å². The number of benzene rings is 2. The Balaban J connectivity index is 1.33. The van der Waals surface area contributed by atoms with Crippen LogP contribution in [-0.2, 0) is 0 Å². The normalized spacial score (nSPS) is 13.4. The molecule has 0 unspecified atom stereocenters. The molecule has 1 fully saturated rings. The molecule has 2 aromatic heterocycles. The van der Waals surface area contributed by atoms with Crippen LogP contribution in [0.4, 0.5) is 34.9 Å². The Bertz CT molecular complexity index is 1510. The number of nitrogens with zero attached hydrogens (tertiary/aromatic N) is 7. The fourth-order valence-corrected chi connectivity index (χ4v) is 4.01. The molecule has 5 rings (SSSR count). The Morgan fingerprint density at radius 3 is 2.36 bits per heavy atom. The minimum Gasteiger partial charge on any atom is -0.455 e. The third kappa shape index (κ3) is 6.30. The molecule has 0 aliphatic carbocycles. The van der Waals surface area contributed by atoms with E-state index in [0.717, 1.165) is 32.4 Å². The summed E-state index contributed by atoms with van der Waals surface area (Å²) in [5, 5.41) is 29.2. The number of aromatic nitrogens is 3. The van der Waals surface area contributed by atoms with Crippen LogP contribution in [0.25, 0.3) is 11.3 Å². The van der Waals surface area contributed by atoms with E-state index in [9.17, 15) is 20.2 Å². The molecule has 0 radical (unpaired) electrons. The van der Waals surface area contributed by atoms with Gasteiger partial charge in [0.05, 0.1) is 16.1 Å². The first-order valence-electron chi connectivity index (χ1n) is 12.1. The summed E-state index contributed by atoms with van der Waals surface area (Å²) in [4.78, 5) is 36.5. The summed E-state index contributed by atoms with van der Waals surface area (Å²) in [6.45, 7) is 1.63. The van der Waals surface area contributed by atoms with Crippen molar-refractivity contribution in [3.8, 4) is 11.3 Å². The van der Waals surface area contributed by atoms with Gasteiger partial charge in [-0.1, -0.05) is 12.1 Å². The molecule has 14 nitrogen and oxygen atoms in total. The van der Waals surface area contributed by atoms with Gasteiger partial charge in [0, 0.05) is 48.6 Å². The molecule has 14 heteroatoms. The van der Waals surface area contributed by atoms with Gasteiger partial charge in [0.2, 0.25) is 17.8 Å². The second-order valence-electron chi connectivity index (χ2n) is 8.64. The van der Waals surface area contributed by atoms with Gasteiger partial charge in [-0.2, -0.15) is 20.1 Å². The number of hydrogen-bond donors (Lipinski definition) is 2. The summed E-state index contributed by atoms with van der Waals surface area (Å²) in [6.07, 6.45) is 4.65. The second-order valence-corrected chi connectivity index (χ2v) is 8.64. The minimum absolute atomic E-state index is 0.0199. The Hall–Kier alpha value is -5.40. The summed E-state index contributed by atoms with van der Waals surface area (Å²) in [7, 11) is 0. The zero-order valence-electron chi connectivity index (χ0n) is 20.6. The first-order valence-corrected chi connectivity index (χ1v) is 12.1. The third-order valence-electron chi connectivity index (χ3n) is 5.92. The molecule has 2 N–H and O–H groups in total. The van der Waals surface area contributed by atoms with Gasteiger partial charge in [-0.15, -0.1) is 0 Å². The molecule has 3 heterocycles. The molecular formula is C25H23N9O5. The van der Waals surface area contributed by atoms with Gasteiger partial charge in [-0.3, -0.25) is 20.2 Å². The highest BCUT2D eigenvalue weighted by molar-refractivity contribution is 5.78. The summed E-state index contributed by atoms with van der Waals surface area (Å²) < 4.78 is 5.76. The number of non-ortho nitro benzene ring substituents is 2. The molecule has 0 bridgehead atoms. The first kappa shape index (κ1) is 25.3. The number of nitro groups is 2. The number of rotatable bonds is 9. The Labute approximate surface area is 221 Å². The van der Waals surface area contributed by atoms with E-state index in [-0.39, 0.29) is 23.3 Å². The van der Waals surface area contributed by atoms with Gasteiger partial charge in [-0.05, 0) is 43.5 Å². The molecule has 0 atom stereocenters. The zero-order chi connectivity index (χ0) is 27.2. The molecular weight excluding hydrogens is 506 g/mol. The maximum absolute atomic E-state index is 11.1. The highest BCUT2D eigenvalue weighted by atomic mass is 16.6. The average Bonchev–Trinajstić information content (AvgIpc) is 3.43.